The summed E-state index contributed by atoms with van der Waals surface area (Å²) in [6, 6.07) is 10.2. The summed E-state index contributed by atoms with van der Waals surface area (Å²) in [5.74, 6) is 0.302. The van der Waals surface area contributed by atoms with Crippen LogP contribution >= 0.6 is 0 Å². The summed E-state index contributed by atoms with van der Waals surface area (Å²) in [5.41, 5.74) is 8.53. The minimum absolute atomic E-state index is 0.120. The number of primary amides is 1. The van der Waals surface area contributed by atoms with Crippen molar-refractivity contribution >= 4 is 17.5 Å². The van der Waals surface area contributed by atoms with Crippen molar-refractivity contribution in [3.63, 3.8) is 0 Å². The molecule has 3 rings (SSSR count). The van der Waals surface area contributed by atoms with E-state index in [1.165, 1.54) is 0 Å². The highest BCUT2D eigenvalue weighted by Crippen LogP contribution is 2.24. The fraction of sp³-hybridized carbons (Fsp3) is 0.389. The van der Waals surface area contributed by atoms with E-state index in [2.05, 4.69) is 44.0 Å². The summed E-state index contributed by atoms with van der Waals surface area (Å²) in [6.07, 6.45) is 3.54. The zero-order valence-electron chi connectivity index (χ0n) is 14.1. The number of amides is 1. The number of nitrogens with two attached hydrogens (primary N) is 1. The van der Waals surface area contributed by atoms with Crippen molar-refractivity contribution in [1.82, 2.24) is 9.97 Å². The summed E-state index contributed by atoms with van der Waals surface area (Å²) in [7, 11) is 4.03. The van der Waals surface area contributed by atoms with Crippen LogP contribution < -0.4 is 15.5 Å². The van der Waals surface area contributed by atoms with Crippen LogP contribution in [0, 0.1) is 5.92 Å². The number of hydrogen-bond donors (Lipinski definition) is 1. The third-order valence-electron chi connectivity index (χ3n) is 4.43. The Hall–Kier alpha value is -2.63. The van der Waals surface area contributed by atoms with Crippen molar-refractivity contribution in [3.8, 4) is 11.3 Å². The van der Waals surface area contributed by atoms with Gasteiger partial charge >= 0.3 is 0 Å². The summed E-state index contributed by atoms with van der Waals surface area (Å²) < 4.78 is 0. The number of nitrogens with zero attached hydrogens (tertiary/aromatic N) is 4. The van der Waals surface area contributed by atoms with E-state index >= 15 is 0 Å². The molecule has 0 spiro atoms. The lowest BCUT2D eigenvalue weighted by atomic mass is 9.98. The average molecular weight is 325 g/mol. The largest absolute Gasteiger partial charge is 0.378 e. The standard InChI is InChI=1S/C18H23N5O/c1-22(2)15-7-5-13(6-8-15)16-9-10-20-18(21-16)23-11-3-4-14(12-23)17(19)24/h5-10,14H,3-4,11-12H2,1-2H3,(H2,19,24). The van der Waals surface area contributed by atoms with Gasteiger partial charge in [0.25, 0.3) is 0 Å². The second-order valence-corrected chi connectivity index (χ2v) is 6.37. The van der Waals surface area contributed by atoms with Crippen LogP contribution in [0.5, 0.6) is 0 Å². The van der Waals surface area contributed by atoms with E-state index in [1.807, 2.05) is 20.2 Å². The molecular formula is C18H23N5O. The van der Waals surface area contributed by atoms with Crippen LogP contribution in [0.2, 0.25) is 0 Å². The molecule has 1 fully saturated rings. The molecule has 24 heavy (non-hydrogen) atoms. The van der Waals surface area contributed by atoms with Crippen LogP contribution in [0.3, 0.4) is 0 Å². The maximum Gasteiger partial charge on any atom is 0.225 e. The molecule has 2 aromatic rings. The summed E-state index contributed by atoms with van der Waals surface area (Å²) in [6.45, 7) is 1.45. The molecule has 6 nitrogen and oxygen atoms in total. The zero-order chi connectivity index (χ0) is 17.1. The quantitative estimate of drug-likeness (QED) is 0.929. The maximum absolute atomic E-state index is 11.5. The van der Waals surface area contributed by atoms with Crippen molar-refractivity contribution in [1.29, 1.82) is 0 Å². The van der Waals surface area contributed by atoms with Gasteiger partial charge in [0.15, 0.2) is 0 Å². The van der Waals surface area contributed by atoms with E-state index in [-0.39, 0.29) is 11.8 Å². The Morgan fingerprint density at radius 2 is 2.00 bits per heavy atom. The number of rotatable bonds is 4. The molecule has 0 aliphatic carbocycles. The van der Waals surface area contributed by atoms with Crippen molar-refractivity contribution in [3.05, 3.63) is 36.5 Å². The van der Waals surface area contributed by atoms with E-state index in [1.54, 1.807) is 6.20 Å². The smallest absolute Gasteiger partial charge is 0.225 e. The summed E-state index contributed by atoms with van der Waals surface area (Å²) in [4.78, 5) is 24.6. The van der Waals surface area contributed by atoms with E-state index < -0.39 is 0 Å². The van der Waals surface area contributed by atoms with Crippen LogP contribution in [0.15, 0.2) is 36.5 Å². The molecule has 1 unspecified atom stereocenters. The van der Waals surface area contributed by atoms with E-state index in [9.17, 15) is 4.79 Å². The highest BCUT2D eigenvalue weighted by molar-refractivity contribution is 5.77. The average Bonchev–Trinajstić information content (AvgIpc) is 2.62. The monoisotopic (exact) mass is 325 g/mol. The van der Waals surface area contributed by atoms with Crippen LogP contribution in [-0.4, -0.2) is 43.1 Å². The minimum Gasteiger partial charge on any atom is -0.378 e. The lowest BCUT2D eigenvalue weighted by Crippen LogP contribution is -2.41. The van der Waals surface area contributed by atoms with Crippen molar-refractivity contribution in [2.24, 2.45) is 11.7 Å². The Morgan fingerprint density at radius 3 is 2.67 bits per heavy atom. The molecule has 0 saturated carbocycles. The Balaban J connectivity index is 1.82. The van der Waals surface area contributed by atoms with E-state index in [4.69, 9.17) is 5.73 Å². The minimum atomic E-state index is -0.241. The Morgan fingerprint density at radius 1 is 1.25 bits per heavy atom. The molecule has 1 atom stereocenters. The first-order chi connectivity index (χ1) is 11.5. The number of hydrogen-bond acceptors (Lipinski definition) is 5. The molecular weight excluding hydrogens is 302 g/mol. The fourth-order valence-corrected chi connectivity index (χ4v) is 2.98. The second kappa shape index (κ2) is 6.86. The number of anilines is 2. The first-order valence-corrected chi connectivity index (χ1v) is 8.19. The molecule has 1 aliphatic heterocycles. The first-order valence-electron chi connectivity index (χ1n) is 8.19. The van der Waals surface area contributed by atoms with Crippen LogP contribution in [0.4, 0.5) is 11.6 Å². The topological polar surface area (TPSA) is 75.3 Å². The zero-order valence-corrected chi connectivity index (χ0v) is 14.1. The fourth-order valence-electron chi connectivity index (χ4n) is 2.98. The summed E-state index contributed by atoms with van der Waals surface area (Å²) >= 11 is 0. The maximum atomic E-state index is 11.5. The van der Waals surface area contributed by atoms with Crippen molar-refractivity contribution in [2.75, 3.05) is 37.0 Å². The Bertz CT molecular complexity index is 714. The van der Waals surface area contributed by atoms with Gasteiger partial charge in [-0.25, -0.2) is 9.97 Å². The van der Waals surface area contributed by atoms with Gasteiger partial charge in [0.05, 0.1) is 11.6 Å². The van der Waals surface area contributed by atoms with Gasteiger partial charge in [-0.1, -0.05) is 12.1 Å². The lowest BCUT2D eigenvalue weighted by molar-refractivity contribution is -0.122. The van der Waals surface area contributed by atoms with Gasteiger partial charge in [-0.05, 0) is 31.0 Å². The van der Waals surface area contributed by atoms with Gasteiger partial charge in [-0.3, -0.25) is 4.79 Å². The van der Waals surface area contributed by atoms with E-state index in [0.717, 1.165) is 36.3 Å². The number of benzene rings is 1. The molecule has 1 aromatic carbocycles. The Labute approximate surface area is 142 Å². The molecule has 1 aromatic heterocycles. The molecule has 2 N–H and O–H groups in total. The number of carbonyl (C=O) groups excluding carboxylic acids is 1. The SMILES string of the molecule is CN(C)c1ccc(-c2ccnc(N3CCCC(C(N)=O)C3)n2)cc1. The molecule has 2 heterocycles. The molecule has 1 saturated heterocycles. The predicted molar refractivity (Wildman–Crippen MR) is 95.9 cm³/mol. The number of piperidine rings is 1. The highest BCUT2D eigenvalue weighted by atomic mass is 16.1. The first kappa shape index (κ1) is 16.2. The van der Waals surface area contributed by atoms with Crippen molar-refractivity contribution in [2.45, 2.75) is 12.8 Å². The highest BCUT2D eigenvalue weighted by Gasteiger charge is 2.25. The van der Waals surface area contributed by atoms with Gasteiger partial charge in [-0.2, -0.15) is 0 Å². The number of carbonyl (C=O) groups is 1. The molecule has 0 bridgehead atoms. The van der Waals surface area contributed by atoms with Crippen LogP contribution in [0.1, 0.15) is 12.8 Å². The van der Waals surface area contributed by atoms with Gasteiger partial charge in [0.1, 0.15) is 0 Å². The number of aromatic nitrogens is 2. The third kappa shape index (κ3) is 3.48. The lowest BCUT2D eigenvalue weighted by Gasteiger charge is -2.31. The van der Waals surface area contributed by atoms with Gasteiger partial charge < -0.3 is 15.5 Å². The van der Waals surface area contributed by atoms with Crippen LogP contribution in [0.25, 0.3) is 11.3 Å². The molecule has 6 heteroatoms. The molecule has 0 radical (unpaired) electrons. The van der Waals surface area contributed by atoms with Gasteiger partial charge in [-0.15, -0.1) is 0 Å². The summed E-state index contributed by atoms with van der Waals surface area (Å²) in [5, 5.41) is 0. The van der Waals surface area contributed by atoms with Gasteiger partial charge in [0.2, 0.25) is 11.9 Å². The Kier molecular flexibility index (Phi) is 4.64. The third-order valence-corrected chi connectivity index (χ3v) is 4.43. The molecule has 1 aliphatic rings. The predicted octanol–water partition coefficient (Wildman–Crippen LogP) is 1.91. The normalized spacial score (nSPS) is 17.6. The van der Waals surface area contributed by atoms with Gasteiger partial charge in [0, 0.05) is 44.6 Å². The molecule has 126 valence electrons. The van der Waals surface area contributed by atoms with E-state index in [0.29, 0.717) is 12.5 Å². The van der Waals surface area contributed by atoms with Crippen molar-refractivity contribution < 1.29 is 4.79 Å². The second-order valence-electron chi connectivity index (χ2n) is 6.37. The molecule has 1 amide bonds. The van der Waals surface area contributed by atoms with Crippen LogP contribution in [-0.2, 0) is 4.79 Å².